The van der Waals surface area contributed by atoms with Gasteiger partial charge in [-0.25, -0.2) is 9.18 Å². The molecule has 74 valence electrons. The third-order valence-electron chi connectivity index (χ3n) is 1.65. The van der Waals surface area contributed by atoms with Crippen LogP contribution in [-0.4, -0.2) is 22.2 Å². The van der Waals surface area contributed by atoms with Crippen LogP contribution in [0.3, 0.4) is 0 Å². The molecule has 0 aromatic heterocycles. The van der Waals surface area contributed by atoms with Gasteiger partial charge in [-0.15, -0.1) is 0 Å². The van der Waals surface area contributed by atoms with Crippen molar-refractivity contribution < 1.29 is 19.1 Å². The maximum Gasteiger partial charge on any atom is 0.338 e. The van der Waals surface area contributed by atoms with Gasteiger partial charge in [-0.05, 0) is 12.1 Å². The van der Waals surface area contributed by atoms with Crippen molar-refractivity contribution in [3.8, 4) is 0 Å². The highest BCUT2D eigenvalue weighted by molar-refractivity contribution is 9.09. The Bertz CT molecular complexity index is 390. The Labute approximate surface area is 87.7 Å². The summed E-state index contributed by atoms with van der Waals surface area (Å²) in [5.74, 6) is -2.85. The van der Waals surface area contributed by atoms with Crippen LogP contribution in [0.15, 0.2) is 18.2 Å². The third kappa shape index (κ3) is 1.98. The van der Waals surface area contributed by atoms with E-state index in [2.05, 4.69) is 15.9 Å². The van der Waals surface area contributed by atoms with Crippen molar-refractivity contribution in [2.45, 2.75) is 0 Å². The summed E-state index contributed by atoms with van der Waals surface area (Å²) in [6.07, 6.45) is 0. The number of rotatable bonds is 3. The lowest BCUT2D eigenvalue weighted by atomic mass is 10.1. The summed E-state index contributed by atoms with van der Waals surface area (Å²) in [5.41, 5.74) is -0.696. The number of benzene rings is 1. The number of carbonyl (C=O) groups is 2. The number of Topliss-reactive ketones (excluding diaryl/α,β-unsaturated/α-hetero) is 1. The third-order valence-corrected chi connectivity index (χ3v) is 2.16. The van der Waals surface area contributed by atoms with Gasteiger partial charge >= 0.3 is 5.97 Å². The topological polar surface area (TPSA) is 54.4 Å². The molecule has 1 rings (SSSR count). The van der Waals surface area contributed by atoms with Crippen LogP contribution in [0.25, 0.3) is 0 Å². The molecule has 0 spiro atoms. The molecule has 3 nitrogen and oxygen atoms in total. The highest BCUT2D eigenvalue weighted by atomic mass is 79.9. The molecule has 0 saturated heterocycles. The summed E-state index contributed by atoms with van der Waals surface area (Å²) >= 11 is 2.88. The van der Waals surface area contributed by atoms with E-state index in [4.69, 9.17) is 5.11 Å². The zero-order chi connectivity index (χ0) is 10.7. The fourth-order valence-electron chi connectivity index (χ4n) is 0.984. The van der Waals surface area contributed by atoms with Gasteiger partial charge in [-0.2, -0.15) is 0 Å². The Kier molecular flexibility index (Phi) is 3.35. The predicted octanol–water partition coefficient (Wildman–Crippen LogP) is 2.10. The van der Waals surface area contributed by atoms with Crippen LogP contribution in [-0.2, 0) is 0 Å². The number of alkyl halides is 1. The molecule has 0 bridgehead atoms. The largest absolute Gasteiger partial charge is 0.478 e. The van der Waals surface area contributed by atoms with Crippen LogP contribution in [0.4, 0.5) is 4.39 Å². The van der Waals surface area contributed by atoms with Gasteiger partial charge in [-0.3, -0.25) is 4.79 Å². The second kappa shape index (κ2) is 4.32. The Hall–Kier alpha value is -1.23. The highest BCUT2D eigenvalue weighted by Crippen LogP contribution is 2.14. The number of carboxylic acids is 1. The SMILES string of the molecule is O=C(O)c1cccc(C(=O)CBr)c1F. The van der Waals surface area contributed by atoms with Crippen molar-refractivity contribution in [1.29, 1.82) is 0 Å². The van der Waals surface area contributed by atoms with Gasteiger partial charge in [0.1, 0.15) is 5.82 Å². The minimum atomic E-state index is -1.38. The first-order valence-electron chi connectivity index (χ1n) is 3.69. The normalized spacial score (nSPS) is 9.86. The summed E-state index contributed by atoms with van der Waals surface area (Å²) in [4.78, 5) is 21.7. The zero-order valence-corrected chi connectivity index (χ0v) is 8.54. The van der Waals surface area contributed by atoms with Gasteiger partial charge in [0, 0.05) is 0 Å². The van der Waals surface area contributed by atoms with Crippen molar-refractivity contribution >= 4 is 27.7 Å². The van der Waals surface area contributed by atoms with Crippen molar-refractivity contribution in [2.75, 3.05) is 5.33 Å². The molecule has 0 unspecified atom stereocenters. The number of carboxylic acid groups (broad SMARTS) is 1. The quantitative estimate of drug-likeness (QED) is 0.669. The molecule has 0 heterocycles. The van der Waals surface area contributed by atoms with Gasteiger partial charge in [-0.1, -0.05) is 22.0 Å². The summed E-state index contributed by atoms with van der Waals surface area (Å²) in [6.45, 7) is 0. The second-order valence-electron chi connectivity index (χ2n) is 2.53. The molecule has 0 atom stereocenters. The van der Waals surface area contributed by atoms with Gasteiger partial charge in [0.2, 0.25) is 0 Å². The molecule has 1 N–H and O–H groups in total. The molecule has 14 heavy (non-hydrogen) atoms. The first-order chi connectivity index (χ1) is 6.57. The Morgan fingerprint density at radius 1 is 1.36 bits per heavy atom. The molecule has 0 radical (unpaired) electrons. The van der Waals surface area contributed by atoms with E-state index in [-0.39, 0.29) is 10.9 Å². The van der Waals surface area contributed by atoms with Gasteiger partial charge in [0.25, 0.3) is 0 Å². The van der Waals surface area contributed by atoms with Crippen LogP contribution in [0, 0.1) is 5.82 Å². The van der Waals surface area contributed by atoms with Crippen LogP contribution < -0.4 is 0 Å². The second-order valence-corrected chi connectivity index (χ2v) is 3.09. The van der Waals surface area contributed by atoms with Crippen LogP contribution in [0.2, 0.25) is 0 Å². The standard InChI is InChI=1S/C9H6BrFO3/c10-4-7(12)5-2-1-3-6(8(5)11)9(13)14/h1-3H,4H2,(H,13,14). The van der Waals surface area contributed by atoms with Gasteiger partial charge < -0.3 is 5.11 Å². The fourth-order valence-corrected chi connectivity index (χ4v) is 1.29. The lowest BCUT2D eigenvalue weighted by molar-refractivity contribution is 0.0692. The number of aromatic carboxylic acids is 1. The van der Waals surface area contributed by atoms with E-state index in [0.717, 1.165) is 6.07 Å². The summed E-state index contributed by atoms with van der Waals surface area (Å²) < 4.78 is 13.3. The van der Waals surface area contributed by atoms with Crippen molar-refractivity contribution in [1.82, 2.24) is 0 Å². The summed E-state index contributed by atoms with van der Waals surface area (Å²) in [5, 5.41) is 8.55. The maximum atomic E-state index is 13.3. The van der Waals surface area contributed by atoms with Crippen molar-refractivity contribution in [3.05, 3.63) is 35.1 Å². The molecule has 0 saturated carbocycles. The smallest absolute Gasteiger partial charge is 0.338 e. The molecule has 0 fully saturated rings. The molecule has 0 aliphatic carbocycles. The Balaban J connectivity index is 3.27. The maximum absolute atomic E-state index is 13.3. The van der Waals surface area contributed by atoms with E-state index in [9.17, 15) is 14.0 Å². The van der Waals surface area contributed by atoms with Crippen LogP contribution in [0.5, 0.6) is 0 Å². The molecular weight excluding hydrogens is 255 g/mol. The van der Waals surface area contributed by atoms with E-state index in [1.165, 1.54) is 12.1 Å². The zero-order valence-electron chi connectivity index (χ0n) is 6.96. The number of ketones is 1. The molecular formula is C9H6BrFO3. The first kappa shape index (κ1) is 10.8. The summed E-state index contributed by atoms with van der Waals surface area (Å²) in [7, 11) is 0. The van der Waals surface area contributed by atoms with Gasteiger partial charge in [0.15, 0.2) is 5.78 Å². The highest BCUT2D eigenvalue weighted by Gasteiger charge is 2.17. The Morgan fingerprint density at radius 2 is 1.93 bits per heavy atom. The van der Waals surface area contributed by atoms with Gasteiger partial charge in [0.05, 0.1) is 16.5 Å². The molecule has 1 aromatic rings. The average molecular weight is 261 g/mol. The fraction of sp³-hybridized carbons (Fsp3) is 0.111. The minimum Gasteiger partial charge on any atom is -0.478 e. The molecule has 0 aliphatic heterocycles. The summed E-state index contributed by atoms with van der Waals surface area (Å²) in [6, 6.07) is 3.70. The van der Waals surface area contributed by atoms with E-state index < -0.39 is 23.1 Å². The predicted molar refractivity (Wildman–Crippen MR) is 51.5 cm³/mol. The lowest BCUT2D eigenvalue weighted by Gasteiger charge is -2.02. The minimum absolute atomic E-state index is 0.0347. The number of hydrogen-bond donors (Lipinski definition) is 1. The van der Waals surface area contributed by atoms with Crippen LogP contribution >= 0.6 is 15.9 Å². The average Bonchev–Trinajstić information content (AvgIpc) is 2.16. The number of halogens is 2. The van der Waals surface area contributed by atoms with Crippen molar-refractivity contribution in [3.63, 3.8) is 0 Å². The molecule has 0 amide bonds. The first-order valence-corrected chi connectivity index (χ1v) is 4.81. The molecule has 1 aromatic carbocycles. The monoisotopic (exact) mass is 260 g/mol. The molecule has 5 heteroatoms. The number of carbonyl (C=O) groups excluding carboxylic acids is 1. The van der Waals surface area contributed by atoms with E-state index in [1.807, 2.05) is 0 Å². The van der Waals surface area contributed by atoms with E-state index in [1.54, 1.807) is 0 Å². The van der Waals surface area contributed by atoms with Crippen LogP contribution in [0.1, 0.15) is 20.7 Å². The molecule has 0 aliphatic rings. The van der Waals surface area contributed by atoms with E-state index in [0.29, 0.717) is 0 Å². The lowest BCUT2D eigenvalue weighted by Crippen LogP contribution is -2.08. The van der Waals surface area contributed by atoms with E-state index >= 15 is 0 Å². The van der Waals surface area contributed by atoms with Crippen molar-refractivity contribution in [2.24, 2.45) is 0 Å². The Morgan fingerprint density at radius 3 is 2.43 bits per heavy atom. The number of hydrogen-bond acceptors (Lipinski definition) is 2.